The summed E-state index contributed by atoms with van der Waals surface area (Å²) in [5, 5.41) is 15.9. The molecule has 1 aromatic rings. The first-order valence-electron chi connectivity index (χ1n) is 10.5. The molecule has 0 spiro atoms. The van der Waals surface area contributed by atoms with E-state index < -0.39 is 51.5 Å². The van der Waals surface area contributed by atoms with E-state index >= 15 is 0 Å². The van der Waals surface area contributed by atoms with Gasteiger partial charge in [0.2, 0.25) is 27.7 Å². The van der Waals surface area contributed by atoms with Crippen LogP contribution < -0.4 is 15.7 Å². The SMILES string of the molecule is O=C([O-])CSCC(=O)N1CCN(S(=O)(=O)c2ccc(F)cc2)C[C@H]1C(=O)N[C@H]1CCCNC1=O. The molecular formula is C20H24FN4O7S2-. The van der Waals surface area contributed by atoms with E-state index in [1.807, 2.05) is 0 Å². The number of hydrogen-bond donors (Lipinski definition) is 2. The fourth-order valence-corrected chi connectivity index (χ4v) is 5.78. The van der Waals surface area contributed by atoms with Crippen molar-refractivity contribution in [2.75, 3.05) is 37.7 Å². The largest absolute Gasteiger partial charge is 0.549 e. The zero-order chi connectivity index (χ0) is 24.9. The summed E-state index contributed by atoms with van der Waals surface area (Å²) in [5.74, 6) is -4.21. The number of carboxylic acids is 1. The number of nitrogens with zero attached hydrogens (tertiary/aromatic N) is 2. The number of sulfonamides is 1. The molecule has 2 fully saturated rings. The third-order valence-corrected chi connectivity index (χ3v) is 8.24. The second kappa shape index (κ2) is 11.1. The predicted octanol–water partition coefficient (Wildman–Crippen LogP) is -2.09. The Morgan fingerprint density at radius 2 is 1.88 bits per heavy atom. The van der Waals surface area contributed by atoms with Gasteiger partial charge in [-0.25, -0.2) is 12.8 Å². The average molecular weight is 516 g/mol. The van der Waals surface area contributed by atoms with Gasteiger partial charge in [-0.2, -0.15) is 4.31 Å². The molecule has 0 radical (unpaired) electrons. The fraction of sp³-hybridized carbons (Fsp3) is 0.500. The van der Waals surface area contributed by atoms with Crippen LogP contribution in [0, 0.1) is 5.82 Å². The number of thioether (sulfide) groups is 1. The van der Waals surface area contributed by atoms with Crippen LogP contribution in [0.5, 0.6) is 0 Å². The number of rotatable bonds is 8. The Hall–Kier alpha value is -2.71. The Labute approximate surface area is 200 Å². The molecule has 0 saturated carbocycles. The van der Waals surface area contributed by atoms with Crippen LogP contribution in [-0.2, 0) is 29.2 Å². The van der Waals surface area contributed by atoms with Crippen molar-refractivity contribution in [1.82, 2.24) is 19.8 Å². The van der Waals surface area contributed by atoms with Crippen molar-refractivity contribution >= 4 is 45.5 Å². The highest BCUT2D eigenvalue weighted by atomic mass is 32.2. The molecule has 2 aliphatic heterocycles. The highest BCUT2D eigenvalue weighted by molar-refractivity contribution is 8.00. The lowest BCUT2D eigenvalue weighted by molar-refractivity contribution is -0.301. The van der Waals surface area contributed by atoms with Crippen LogP contribution in [-0.4, -0.2) is 91.1 Å². The molecule has 1 aromatic carbocycles. The highest BCUT2D eigenvalue weighted by Gasteiger charge is 2.40. The van der Waals surface area contributed by atoms with Crippen molar-refractivity contribution in [3.05, 3.63) is 30.1 Å². The van der Waals surface area contributed by atoms with Gasteiger partial charge in [0.25, 0.3) is 0 Å². The number of hydrogen-bond acceptors (Lipinski definition) is 8. The summed E-state index contributed by atoms with van der Waals surface area (Å²) >= 11 is 0.801. The topological polar surface area (TPSA) is 156 Å². The number of piperazine rings is 1. The molecule has 2 N–H and O–H groups in total. The van der Waals surface area contributed by atoms with Crippen LogP contribution in [0.1, 0.15) is 12.8 Å². The second-order valence-corrected chi connectivity index (χ2v) is 10.7. The summed E-state index contributed by atoms with van der Waals surface area (Å²) < 4.78 is 40.4. The van der Waals surface area contributed by atoms with E-state index in [9.17, 15) is 37.1 Å². The maximum Gasteiger partial charge on any atom is 0.244 e. The average Bonchev–Trinajstić information content (AvgIpc) is 2.80. The molecule has 0 unspecified atom stereocenters. The van der Waals surface area contributed by atoms with Gasteiger partial charge in [-0.05, 0) is 37.1 Å². The van der Waals surface area contributed by atoms with Gasteiger partial charge >= 0.3 is 0 Å². The van der Waals surface area contributed by atoms with Gasteiger partial charge in [0.1, 0.15) is 17.9 Å². The Morgan fingerprint density at radius 1 is 1.18 bits per heavy atom. The molecule has 14 heteroatoms. The van der Waals surface area contributed by atoms with Gasteiger partial charge in [0.15, 0.2) is 0 Å². The maximum atomic E-state index is 13.3. The van der Waals surface area contributed by atoms with Crippen molar-refractivity contribution in [1.29, 1.82) is 0 Å². The first-order chi connectivity index (χ1) is 16.1. The Kier molecular flexibility index (Phi) is 8.49. The minimum absolute atomic E-state index is 0.121. The van der Waals surface area contributed by atoms with Gasteiger partial charge in [-0.1, -0.05) is 0 Å². The number of carboxylic acid groups (broad SMARTS) is 1. The molecule has 0 bridgehead atoms. The molecule has 186 valence electrons. The summed E-state index contributed by atoms with van der Waals surface area (Å²) in [5.41, 5.74) is 0. The zero-order valence-corrected chi connectivity index (χ0v) is 19.7. The van der Waals surface area contributed by atoms with Crippen LogP contribution in [0.25, 0.3) is 0 Å². The molecule has 2 heterocycles. The number of piperidine rings is 1. The normalized spacial score (nSPS) is 21.6. The van der Waals surface area contributed by atoms with E-state index in [4.69, 9.17) is 0 Å². The minimum Gasteiger partial charge on any atom is -0.549 e. The fourth-order valence-electron chi connectivity index (χ4n) is 3.74. The zero-order valence-electron chi connectivity index (χ0n) is 18.1. The Balaban J connectivity index is 1.80. The Bertz CT molecular complexity index is 1050. The van der Waals surface area contributed by atoms with E-state index in [-0.39, 0.29) is 36.2 Å². The van der Waals surface area contributed by atoms with Crippen LogP contribution in [0.15, 0.2) is 29.2 Å². The van der Waals surface area contributed by atoms with Gasteiger partial charge < -0.3 is 25.4 Å². The van der Waals surface area contributed by atoms with E-state index in [1.54, 1.807) is 0 Å². The summed E-state index contributed by atoms with van der Waals surface area (Å²) in [6.45, 7) is -0.139. The van der Waals surface area contributed by atoms with Crippen molar-refractivity contribution in [2.45, 2.75) is 29.8 Å². The number of carbonyl (C=O) groups is 4. The quantitative estimate of drug-likeness (QED) is 0.399. The Morgan fingerprint density at radius 3 is 2.53 bits per heavy atom. The van der Waals surface area contributed by atoms with Crippen molar-refractivity contribution in [2.24, 2.45) is 0 Å². The first-order valence-corrected chi connectivity index (χ1v) is 13.1. The molecule has 2 aliphatic rings. The maximum absolute atomic E-state index is 13.3. The summed E-state index contributed by atoms with van der Waals surface area (Å²) in [6, 6.07) is 2.19. The van der Waals surface area contributed by atoms with Gasteiger partial charge in [-0.3, -0.25) is 14.4 Å². The van der Waals surface area contributed by atoms with Gasteiger partial charge in [-0.15, -0.1) is 11.8 Å². The molecular weight excluding hydrogens is 491 g/mol. The smallest absolute Gasteiger partial charge is 0.244 e. The monoisotopic (exact) mass is 515 g/mol. The summed E-state index contributed by atoms with van der Waals surface area (Å²) in [7, 11) is -4.09. The number of benzene rings is 1. The van der Waals surface area contributed by atoms with Crippen LogP contribution in [0.3, 0.4) is 0 Å². The number of nitrogens with one attached hydrogen (secondary N) is 2. The molecule has 3 rings (SSSR count). The number of amides is 3. The third kappa shape index (κ3) is 6.24. The van der Waals surface area contributed by atoms with Crippen molar-refractivity contribution < 1.29 is 37.1 Å². The number of carbonyl (C=O) groups excluding carboxylic acids is 4. The van der Waals surface area contributed by atoms with Crippen LogP contribution >= 0.6 is 11.8 Å². The third-order valence-electron chi connectivity index (χ3n) is 5.46. The standard InChI is InChI=1S/C20H25FN4O7S2/c21-13-3-5-14(6-4-13)34(31,32)24-8-9-25(17(26)11-33-12-18(27)28)16(10-24)20(30)23-15-2-1-7-22-19(15)29/h3-6,15-16H,1-2,7-12H2,(H,22,29)(H,23,30)(H,27,28)/p-1/t15-,16-/m0/s1. The summed E-state index contributed by atoms with van der Waals surface area (Å²) in [4.78, 5) is 49.6. The van der Waals surface area contributed by atoms with E-state index in [0.717, 1.165) is 40.3 Å². The molecule has 2 atom stereocenters. The lowest BCUT2D eigenvalue weighted by atomic mass is 10.1. The minimum atomic E-state index is -4.09. The predicted molar refractivity (Wildman–Crippen MR) is 117 cm³/mol. The lowest BCUT2D eigenvalue weighted by Crippen LogP contribution is -2.63. The van der Waals surface area contributed by atoms with Gasteiger partial charge in [0, 0.05) is 31.9 Å². The number of aliphatic carboxylic acids is 1. The van der Waals surface area contributed by atoms with E-state index in [0.29, 0.717) is 19.4 Å². The first kappa shape index (κ1) is 25.9. The molecule has 0 aromatic heterocycles. The van der Waals surface area contributed by atoms with E-state index in [2.05, 4.69) is 10.6 Å². The van der Waals surface area contributed by atoms with Crippen molar-refractivity contribution in [3.8, 4) is 0 Å². The number of halogens is 1. The second-order valence-electron chi connectivity index (χ2n) is 7.78. The lowest BCUT2D eigenvalue weighted by Gasteiger charge is -2.40. The molecule has 2 saturated heterocycles. The molecule has 34 heavy (non-hydrogen) atoms. The molecule has 11 nitrogen and oxygen atoms in total. The molecule has 3 amide bonds. The van der Waals surface area contributed by atoms with E-state index in [1.165, 1.54) is 4.90 Å². The highest BCUT2D eigenvalue weighted by Crippen LogP contribution is 2.22. The van der Waals surface area contributed by atoms with Crippen LogP contribution in [0.4, 0.5) is 4.39 Å². The van der Waals surface area contributed by atoms with Crippen molar-refractivity contribution in [3.63, 3.8) is 0 Å². The van der Waals surface area contributed by atoms with Gasteiger partial charge in [0.05, 0.1) is 16.6 Å². The summed E-state index contributed by atoms with van der Waals surface area (Å²) in [6.07, 6.45) is 1.05. The molecule has 0 aliphatic carbocycles. The van der Waals surface area contributed by atoms with Crippen LogP contribution in [0.2, 0.25) is 0 Å².